The Balaban J connectivity index is 1.53. The number of carbonyl (C=O) groups is 1. The lowest BCUT2D eigenvalue weighted by atomic mass is 10.2. The van der Waals surface area contributed by atoms with E-state index in [1.54, 1.807) is 18.2 Å². The second-order valence-corrected chi connectivity index (χ2v) is 7.77. The van der Waals surface area contributed by atoms with Crippen molar-refractivity contribution in [2.75, 3.05) is 49.5 Å². The average molecular weight is 447 g/mol. The van der Waals surface area contributed by atoms with E-state index in [1.807, 2.05) is 19.1 Å². The molecule has 0 atom stereocenters. The summed E-state index contributed by atoms with van der Waals surface area (Å²) in [6.45, 7) is 9.90. The number of amides is 1. The molecule has 0 radical (unpaired) electrons. The molecule has 2 N–H and O–H groups in total. The summed E-state index contributed by atoms with van der Waals surface area (Å²) in [7, 11) is 0. The summed E-state index contributed by atoms with van der Waals surface area (Å²) in [5.74, 6) is 0.218. The van der Waals surface area contributed by atoms with Crippen molar-refractivity contribution in [3.63, 3.8) is 0 Å². The maximum Gasteiger partial charge on any atom is 0.257 e. The fourth-order valence-corrected chi connectivity index (χ4v) is 3.78. The number of benzene rings is 2. The molecule has 30 heavy (non-hydrogen) atoms. The maximum atomic E-state index is 12.4. The lowest BCUT2D eigenvalue weighted by Gasteiger charge is -2.35. The Morgan fingerprint density at radius 2 is 1.80 bits per heavy atom. The number of anilines is 2. The molecule has 1 heterocycles. The largest absolute Gasteiger partial charge is 0.492 e. The van der Waals surface area contributed by atoms with E-state index in [9.17, 15) is 4.79 Å². The Bertz CT molecular complexity index is 883. The van der Waals surface area contributed by atoms with Crippen LogP contribution in [-0.2, 0) is 0 Å². The molecule has 0 unspecified atom stereocenters. The first-order valence-electron chi connectivity index (χ1n) is 10.1. The standard InChI is InChI=1S/C22H27ClN4O2S/c1-3-26-11-13-27(14-12-26)18-8-6-17(7-9-18)24-22(30)25-21(28)16-5-10-20(29-4-2)19(23)15-16/h5-10,15H,3-4,11-14H2,1-2H3,(H2,24,25,28,30). The second kappa shape index (κ2) is 10.6. The van der Waals surface area contributed by atoms with Gasteiger partial charge in [0.15, 0.2) is 5.11 Å². The molecule has 0 aromatic heterocycles. The zero-order valence-electron chi connectivity index (χ0n) is 17.3. The van der Waals surface area contributed by atoms with Gasteiger partial charge in [-0.15, -0.1) is 0 Å². The van der Waals surface area contributed by atoms with Gasteiger partial charge in [-0.2, -0.15) is 0 Å². The van der Waals surface area contributed by atoms with Crippen molar-refractivity contribution in [1.82, 2.24) is 10.2 Å². The van der Waals surface area contributed by atoms with Crippen molar-refractivity contribution in [3.05, 3.63) is 53.1 Å². The van der Waals surface area contributed by atoms with E-state index in [0.717, 1.165) is 38.4 Å². The van der Waals surface area contributed by atoms with Gasteiger partial charge in [0.2, 0.25) is 0 Å². The third-order valence-electron chi connectivity index (χ3n) is 5.03. The third-order valence-corrected chi connectivity index (χ3v) is 5.53. The molecule has 0 bridgehead atoms. The summed E-state index contributed by atoms with van der Waals surface area (Å²) in [6, 6.07) is 13.0. The molecule has 1 aliphatic heterocycles. The van der Waals surface area contributed by atoms with Gasteiger partial charge in [-0.05, 0) is 68.2 Å². The Kier molecular flexibility index (Phi) is 7.90. The topological polar surface area (TPSA) is 56.8 Å². The van der Waals surface area contributed by atoms with Crippen LogP contribution in [0, 0.1) is 0 Å². The van der Waals surface area contributed by atoms with E-state index >= 15 is 0 Å². The SMILES string of the molecule is CCOc1ccc(C(=O)NC(=S)Nc2ccc(N3CCN(CC)CC3)cc2)cc1Cl. The molecular formula is C22H27ClN4O2S. The van der Waals surface area contributed by atoms with Gasteiger partial charge in [0, 0.05) is 43.1 Å². The summed E-state index contributed by atoms with van der Waals surface area (Å²) in [5.41, 5.74) is 2.42. The molecule has 3 rings (SSSR count). The number of ether oxygens (including phenoxy) is 1. The smallest absolute Gasteiger partial charge is 0.257 e. The van der Waals surface area contributed by atoms with Crippen molar-refractivity contribution < 1.29 is 9.53 Å². The van der Waals surface area contributed by atoms with Gasteiger partial charge in [0.1, 0.15) is 5.75 Å². The van der Waals surface area contributed by atoms with Crippen LogP contribution in [0.3, 0.4) is 0 Å². The van der Waals surface area contributed by atoms with Crippen molar-refractivity contribution in [2.24, 2.45) is 0 Å². The van der Waals surface area contributed by atoms with E-state index in [1.165, 1.54) is 5.69 Å². The van der Waals surface area contributed by atoms with E-state index in [2.05, 4.69) is 39.5 Å². The second-order valence-electron chi connectivity index (χ2n) is 6.95. The predicted octanol–water partition coefficient (Wildman–Crippen LogP) is 4.01. The molecule has 160 valence electrons. The number of hydrogen-bond acceptors (Lipinski definition) is 5. The Morgan fingerprint density at radius 1 is 1.10 bits per heavy atom. The fourth-order valence-electron chi connectivity index (χ4n) is 3.33. The van der Waals surface area contributed by atoms with E-state index in [-0.39, 0.29) is 11.0 Å². The lowest BCUT2D eigenvalue weighted by molar-refractivity contribution is 0.0977. The van der Waals surface area contributed by atoms with Crippen molar-refractivity contribution in [3.8, 4) is 5.75 Å². The summed E-state index contributed by atoms with van der Waals surface area (Å²) in [6.07, 6.45) is 0. The van der Waals surface area contributed by atoms with Crippen molar-refractivity contribution >= 4 is 46.2 Å². The molecule has 1 fully saturated rings. The van der Waals surface area contributed by atoms with Crippen LogP contribution in [0.15, 0.2) is 42.5 Å². The molecule has 1 saturated heterocycles. The van der Waals surface area contributed by atoms with Crippen molar-refractivity contribution in [2.45, 2.75) is 13.8 Å². The molecule has 1 amide bonds. The maximum absolute atomic E-state index is 12.4. The minimum atomic E-state index is -0.331. The number of likely N-dealkylation sites (N-methyl/N-ethyl adjacent to an activating group) is 1. The molecule has 0 aliphatic carbocycles. The highest BCUT2D eigenvalue weighted by molar-refractivity contribution is 7.80. The lowest BCUT2D eigenvalue weighted by Crippen LogP contribution is -2.46. The number of nitrogens with one attached hydrogen (secondary N) is 2. The molecule has 0 saturated carbocycles. The van der Waals surface area contributed by atoms with Crippen LogP contribution < -0.4 is 20.3 Å². The number of rotatable bonds is 6. The van der Waals surface area contributed by atoms with Gasteiger partial charge < -0.3 is 19.9 Å². The summed E-state index contributed by atoms with van der Waals surface area (Å²) >= 11 is 11.4. The van der Waals surface area contributed by atoms with E-state index < -0.39 is 0 Å². The van der Waals surface area contributed by atoms with E-state index in [0.29, 0.717) is 22.9 Å². The van der Waals surface area contributed by atoms with Crippen LogP contribution in [-0.4, -0.2) is 55.3 Å². The summed E-state index contributed by atoms with van der Waals surface area (Å²) in [4.78, 5) is 17.3. The first kappa shape index (κ1) is 22.3. The Labute approximate surface area is 188 Å². The Morgan fingerprint density at radius 3 is 2.40 bits per heavy atom. The zero-order valence-corrected chi connectivity index (χ0v) is 18.9. The van der Waals surface area contributed by atoms with E-state index in [4.69, 9.17) is 28.6 Å². The first-order chi connectivity index (χ1) is 14.5. The fraction of sp³-hybridized carbons (Fsp3) is 0.364. The van der Waals surface area contributed by atoms with Gasteiger partial charge in [0.05, 0.1) is 11.6 Å². The van der Waals surface area contributed by atoms with Crippen LogP contribution in [0.5, 0.6) is 5.75 Å². The molecular weight excluding hydrogens is 420 g/mol. The van der Waals surface area contributed by atoms with Gasteiger partial charge in [0.25, 0.3) is 5.91 Å². The number of nitrogens with zero attached hydrogens (tertiary/aromatic N) is 2. The monoisotopic (exact) mass is 446 g/mol. The number of piperazine rings is 1. The third kappa shape index (κ3) is 5.84. The molecule has 2 aromatic carbocycles. The highest BCUT2D eigenvalue weighted by Gasteiger charge is 2.16. The molecule has 8 heteroatoms. The summed E-state index contributed by atoms with van der Waals surface area (Å²) < 4.78 is 5.39. The zero-order chi connectivity index (χ0) is 21.5. The highest BCUT2D eigenvalue weighted by atomic mass is 35.5. The quantitative estimate of drug-likeness (QED) is 0.654. The van der Waals surface area contributed by atoms with Crippen LogP contribution in [0.1, 0.15) is 24.2 Å². The minimum Gasteiger partial charge on any atom is -0.492 e. The number of hydrogen-bond donors (Lipinski definition) is 2. The predicted molar refractivity (Wildman–Crippen MR) is 127 cm³/mol. The molecule has 0 spiro atoms. The van der Waals surface area contributed by atoms with Gasteiger partial charge in [-0.25, -0.2) is 0 Å². The van der Waals surface area contributed by atoms with Crippen LogP contribution in [0.25, 0.3) is 0 Å². The highest BCUT2D eigenvalue weighted by Crippen LogP contribution is 2.25. The molecule has 2 aromatic rings. The van der Waals surface area contributed by atoms with Gasteiger partial charge >= 0.3 is 0 Å². The average Bonchev–Trinajstić information content (AvgIpc) is 2.76. The Hall–Kier alpha value is -2.35. The normalized spacial score (nSPS) is 14.3. The number of halogens is 1. The van der Waals surface area contributed by atoms with Crippen LogP contribution in [0.4, 0.5) is 11.4 Å². The molecule has 6 nitrogen and oxygen atoms in total. The number of thiocarbonyl (C=S) groups is 1. The molecule has 1 aliphatic rings. The first-order valence-corrected chi connectivity index (χ1v) is 10.9. The van der Waals surface area contributed by atoms with Gasteiger partial charge in [-0.1, -0.05) is 18.5 Å². The van der Waals surface area contributed by atoms with Crippen molar-refractivity contribution in [1.29, 1.82) is 0 Å². The van der Waals surface area contributed by atoms with Gasteiger partial charge in [-0.3, -0.25) is 10.1 Å². The minimum absolute atomic E-state index is 0.231. The van der Waals surface area contributed by atoms with Crippen LogP contribution in [0.2, 0.25) is 5.02 Å². The van der Waals surface area contributed by atoms with Crippen LogP contribution >= 0.6 is 23.8 Å². The summed E-state index contributed by atoms with van der Waals surface area (Å²) in [5, 5.41) is 6.35. The number of carbonyl (C=O) groups excluding carboxylic acids is 1.